The van der Waals surface area contributed by atoms with Gasteiger partial charge in [-0.05, 0) is 34.1 Å². The number of methoxy groups -OCH3 is 1. The van der Waals surface area contributed by atoms with Gasteiger partial charge in [0.25, 0.3) is 0 Å². The maximum Gasteiger partial charge on any atom is 0.411 e. The van der Waals surface area contributed by atoms with Crippen molar-refractivity contribution < 1.29 is 24.2 Å². The quantitative estimate of drug-likeness (QED) is 0.714. The fourth-order valence-electron chi connectivity index (χ4n) is 3.20. The highest BCUT2D eigenvalue weighted by molar-refractivity contribution is 5.82. The molecule has 1 amide bonds. The molecule has 0 unspecified atom stereocenters. The van der Waals surface area contributed by atoms with Gasteiger partial charge in [-0.1, -0.05) is 0 Å². The van der Waals surface area contributed by atoms with Gasteiger partial charge in [-0.25, -0.2) is 9.59 Å². The smallest absolute Gasteiger partial charge is 0.411 e. The van der Waals surface area contributed by atoms with Crippen LogP contribution in [-0.2, 0) is 14.3 Å². The summed E-state index contributed by atoms with van der Waals surface area (Å²) in [5, 5.41) is 10.2. The molecule has 2 fully saturated rings. The Labute approximate surface area is 131 Å². The molecular formula is C15H26N2O5. The first-order valence-corrected chi connectivity index (χ1v) is 7.56. The van der Waals surface area contributed by atoms with Crippen LogP contribution in [0.5, 0.6) is 0 Å². The Morgan fingerprint density at radius 2 is 1.91 bits per heavy atom. The number of hydrogen-bond acceptors (Lipinski definition) is 6. The van der Waals surface area contributed by atoms with Gasteiger partial charge in [0.2, 0.25) is 0 Å². The van der Waals surface area contributed by atoms with Gasteiger partial charge in [0.1, 0.15) is 11.6 Å². The summed E-state index contributed by atoms with van der Waals surface area (Å²) in [7, 11) is 1.31. The molecule has 126 valence electrons. The lowest BCUT2D eigenvalue weighted by Gasteiger charge is -2.42. The van der Waals surface area contributed by atoms with Crippen molar-refractivity contribution >= 4 is 12.1 Å². The standard InChI is InChI=1S/C15H26N2O5/c1-14(2,3)22-13(19)17-7-10-6-15(4,20)9-16(10)8-11(17)12(18)21-5/h10-11,20H,6-9H2,1-5H3/t10-,11+,15-/m1/s1. The molecule has 2 aliphatic heterocycles. The Morgan fingerprint density at radius 1 is 1.27 bits per heavy atom. The van der Waals surface area contributed by atoms with Crippen molar-refractivity contribution in [3.63, 3.8) is 0 Å². The molecule has 0 spiro atoms. The highest BCUT2D eigenvalue weighted by Gasteiger charge is 2.48. The van der Waals surface area contributed by atoms with Gasteiger partial charge in [-0.15, -0.1) is 0 Å². The van der Waals surface area contributed by atoms with Crippen molar-refractivity contribution in [1.29, 1.82) is 0 Å². The largest absolute Gasteiger partial charge is 0.467 e. The number of hydrogen-bond donors (Lipinski definition) is 1. The highest BCUT2D eigenvalue weighted by Crippen LogP contribution is 2.32. The van der Waals surface area contributed by atoms with Gasteiger partial charge >= 0.3 is 12.1 Å². The zero-order chi connectivity index (χ0) is 16.7. The van der Waals surface area contributed by atoms with Crippen molar-refractivity contribution in [1.82, 2.24) is 9.80 Å². The molecule has 0 saturated carbocycles. The normalized spacial score (nSPS) is 32.5. The van der Waals surface area contributed by atoms with Crippen LogP contribution >= 0.6 is 0 Å². The molecule has 2 saturated heterocycles. The number of rotatable bonds is 1. The molecule has 1 N–H and O–H groups in total. The third kappa shape index (κ3) is 3.70. The lowest BCUT2D eigenvalue weighted by atomic mass is 10.0. The van der Waals surface area contributed by atoms with Gasteiger partial charge in [0.15, 0.2) is 0 Å². The van der Waals surface area contributed by atoms with Crippen LogP contribution in [0.3, 0.4) is 0 Å². The zero-order valence-electron chi connectivity index (χ0n) is 14.0. The van der Waals surface area contributed by atoms with Crippen LogP contribution in [0.2, 0.25) is 0 Å². The zero-order valence-corrected chi connectivity index (χ0v) is 14.0. The van der Waals surface area contributed by atoms with E-state index in [4.69, 9.17) is 9.47 Å². The second kappa shape index (κ2) is 5.70. The van der Waals surface area contributed by atoms with E-state index in [9.17, 15) is 14.7 Å². The molecule has 0 aromatic carbocycles. The third-order valence-electron chi connectivity index (χ3n) is 4.03. The monoisotopic (exact) mass is 314 g/mol. The fraction of sp³-hybridized carbons (Fsp3) is 0.867. The van der Waals surface area contributed by atoms with E-state index in [1.165, 1.54) is 12.0 Å². The molecular weight excluding hydrogens is 288 g/mol. The molecule has 0 aromatic heterocycles. The van der Waals surface area contributed by atoms with E-state index in [1.54, 1.807) is 27.7 Å². The van der Waals surface area contributed by atoms with E-state index >= 15 is 0 Å². The first-order valence-electron chi connectivity index (χ1n) is 7.56. The van der Waals surface area contributed by atoms with Crippen LogP contribution in [0.15, 0.2) is 0 Å². The first-order chi connectivity index (χ1) is 10.0. The number of carbonyl (C=O) groups is 2. The predicted octanol–water partition coefficient (Wildman–Crippen LogP) is 0.604. The number of fused-ring (bicyclic) bond motifs is 1. The van der Waals surface area contributed by atoms with Crippen molar-refractivity contribution in [2.24, 2.45) is 0 Å². The molecule has 7 heteroatoms. The van der Waals surface area contributed by atoms with Gasteiger partial charge < -0.3 is 14.6 Å². The molecule has 3 atom stereocenters. The molecule has 2 aliphatic rings. The van der Waals surface area contributed by atoms with Crippen LogP contribution in [0, 0.1) is 0 Å². The minimum atomic E-state index is -0.796. The van der Waals surface area contributed by atoms with Crippen LogP contribution in [0.1, 0.15) is 34.1 Å². The summed E-state index contributed by atoms with van der Waals surface area (Å²) in [6.07, 6.45) is 0.0503. The number of amides is 1. The van der Waals surface area contributed by atoms with Gasteiger partial charge in [0.05, 0.1) is 12.7 Å². The Hall–Kier alpha value is -1.34. The van der Waals surface area contributed by atoms with Gasteiger partial charge in [-0.3, -0.25) is 9.80 Å². The summed E-state index contributed by atoms with van der Waals surface area (Å²) in [5.74, 6) is -0.462. The van der Waals surface area contributed by atoms with Crippen LogP contribution in [0.25, 0.3) is 0 Å². The van der Waals surface area contributed by atoms with Crippen molar-refractivity contribution in [3.05, 3.63) is 0 Å². The molecule has 2 rings (SSSR count). The Bertz CT molecular complexity index is 457. The second-order valence-corrected chi connectivity index (χ2v) is 7.46. The Balaban J connectivity index is 2.18. The minimum Gasteiger partial charge on any atom is -0.467 e. The van der Waals surface area contributed by atoms with E-state index in [1.807, 2.05) is 4.90 Å². The molecule has 2 heterocycles. The minimum absolute atomic E-state index is 0.0309. The Morgan fingerprint density at radius 3 is 2.45 bits per heavy atom. The summed E-state index contributed by atoms with van der Waals surface area (Å²) in [4.78, 5) is 27.9. The van der Waals surface area contributed by atoms with Gasteiger partial charge in [0, 0.05) is 25.7 Å². The third-order valence-corrected chi connectivity index (χ3v) is 4.03. The molecule has 0 bridgehead atoms. The number of carbonyl (C=O) groups excluding carboxylic acids is 2. The first kappa shape index (κ1) is 17.0. The summed E-state index contributed by atoms with van der Waals surface area (Å²) < 4.78 is 10.2. The number of nitrogens with zero attached hydrogens (tertiary/aromatic N) is 2. The maximum absolute atomic E-state index is 12.4. The summed E-state index contributed by atoms with van der Waals surface area (Å²) in [6, 6.07) is -0.673. The number of aliphatic hydroxyl groups is 1. The maximum atomic E-state index is 12.4. The van der Waals surface area contributed by atoms with E-state index in [0.717, 1.165) is 0 Å². The van der Waals surface area contributed by atoms with Crippen molar-refractivity contribution in [3.8, 4) is 0 Å². The van der Waals surface area contributed by atoms with Crippen LogP contribution in [0.4, 0.5) is 4.79 Å². The van der Waals surface area contributed by atoms with Gasteiger partial charge in [-0.2, -0.15) is 0 Å². The molecule has 22 heavy (non-hydrogen) atoms. The molecule has 7 nitrogen and oxygen atoms in total. The highest BCUT2D eigenvalue weighted by atomic mass is 16.6. The lowest BCUT2D eigenvalue weighted by molar-refractivity contribution is -0.150. The number of piperazine rings is 1. The average Bonchev–Trinajstić information content (AvgIpc) is 2.67. The van der Waals surface area contributed by atoms with Crippen molar-refractivity contribution in [2.75, 3.05) is 26.7 Å². The summed E-state index contributed by atoms with van der Waals surface area (Å²) in [6.45, 7) is 8.33. The lowest BCUT2D eigenvalue weighted by Crippen LogP contribution is -2.61. The second-order valence-electron chi connectivity index (χ2n) is 7.46. The number of ether oxygens (including phenoxy) is 2. The summed E-state index contributed by atoms with van der Waals surface area (Å²) in [5.41, 5.74) is -1.43. The average molecular weight is 314 g/mol. The van der Waals surface area contributed by atoms with E-state index < -0.39 is 29.3 Å². The van der Waals surface area contributed by atoms with Crippen molar-refractivity contribution in [2.45, 2.75) is 57.4 Å². The van der Waals surface area contributed by atoms with Crippen LogP contribution in [-0.4, -0.2) is 77.0 Å². The van der Waals surface area contributed by atoms with E-state index in [-0.39, 0.29) is 6.04 Å². The molecule has 0 aliphatic carbocycles. The molecule has 0 aromatic rings. The molecule has 0 radical (unpaired) electrons. The van der Waals surface area contributed by atoms with E-state index in [0.29, 0.717) is 26.1 Å². The Kier molecular flexibility index (Phi) is 4.41. The number of esters is 1. The predicted molar refractivity (Wildman–Crippen MR) is 79.3 cm³/mol. The summed E-state index contributed by atoms with van der Waals surface area (Å²) >= 11 is 0. The SMILES string of the molecule is COC(=O)[C@@H]1CN2C[C@](C)(O)C[C@@H]2CN1C(=O)OC(C)(C)C. The topological polar surface area (TPSA) is 79.3 Å². The van der Waals surface area contributed by atoms with Crippen LogP contribution < -0.4 is 0 Å². The fourth-order valence-corrected chi connectivity index (χ4v) is 3.20. The van der Waals surface area contributed by atoms with E-state index in [2.05, 4.69) is 0 Å².